The molecule has 39 heavy (non-hydrogen) atoms. The molecule has 1 fully saturated rings. The van der Waals surface area contributed by atoms with Crippen LogP contribution in [-0.2, 0) is 10.0 Å². The van der Waals surface area contributed by atoms with Gasteiger partial charge in [0.05, 0.1) is 31.3 Å². The average molecular weight is 575 g/mol. The molecular formula is C22H23F5N8O3S. The van der Waals surface area contributed by atoms with Gasteiger partial charge in [-0.15, -0.1) is 10.2 Å². The van der Waals surface area contributed by atoms with E-state index in [1.54, 1.807) is 0 Å². The summed E-state index contributed by atoms with van der Waals surface area (Å²) in [6, 6.07) is 2.30. The Labute approximate surface area is 218 Å². The summed E-state index contributed by atoms with van der Waals surface area (Å²) in [6.07, 6.45) is -2.66. The molecule has 0 amide bonds. The van der Waals surface area contributed by atoms with Crippen LogP contribution >= 0.6 is 0 Å². The monoisotopic (exact) mass is 574 g/mol. The van der Waals surface area contributed by atoms with Crippen molar-refractivity contribution >= 4 is 32.5 Å². The zero-order valence-electron chi connectivity index (χ0n) is 20.8. The van der Waals surface area contributed by atoms with Gasteiger partial charge < -0.3 is 10.5 Å². The second-order valence-electron chi connectivity index (χ2n) is 9.39. The third-order valence-corrected chi connectivity index (χ3v) is 8.10. The summed E-state index contributed by atoms with van der Waals surface area (Å²) in [7, 11) is -2.57. The minimum atomic E-state index is -4.62. The van der Waals surface area contributed by atoms with Gasteiger partial charge in [0.2, 0.25) is 21.9 Å². The number of piperidine rings is 1. The number of methoxy groups -OCH3 is 1. The summed E-state index contributed by atoms with van der Waals surface area (Å²) in [5.41, 5.74) is 6.64. The second kappa shape index (κ2) is 8.97. The largest absolute Gasteiger partial charge is 0.479 e. The average Bonchev–Trinajstić information content (AvgIpc) is 3.42. The van der Waals surface area contributed by atoms with E-state index in [-0.39, 0.29) is 58.0 Å². The number of ether oxygens (including phenoxy) is 1. The van der Waals surface area contributed by atoms with Crippen LogP contribution in [0.3, 0.4) is 0 Å². The number of nitrogens with zero attached hydrogens (tertiary/aromatic N) is 7. The van der Waals surface area contributed by atoms with Crippen LogP contribution < -0.4 is 10.5 Å². The van der Waals surface area contributed by atoms with Crippen molar-refractivity contribution in [1.82, 2.24) is 33.9 Å². The Morgan fingerprint density at radius 1 is 1.26 bits per heavy atom. The number of nitrogen functional groups attached to an aromatic ring is 1. The number of aromatic nitrogens is 6. The van der Waals surface area contributed by atoms with E-state index in [0.717, 1.165) is 13.2 Å². The minimum Gasteiger partial charge on any atom is -0.479 e. The number of fused-ring (bicyclic) bond motifs is 2. The normalized spacial score (nSPS) is 19.5. The van der Waals surface area contributed by atoms with Crippen molar-refractivity contribution in [2.24, 2.45) is 0 Å². The summed E-state index contributed by atoms with van der Waals surface area (Å²) in [6.45, 7) is -0.268. The molecule has 5 rings (SSSR count). The summed E-state index contributed by atoms with van der Waals surface area (Å²) in [5, 5.41) is 11.6. The van der Waals surface area contributed by atoms with Gasteiger partial charge in [0.15, 0.2) is 0 Å². The van der Waals surface area contributed by atoms with Gasteiger partial charge in [0.1, 0.15) is 17.1 Å². The van der Waals surface area contributed by atoms with E-state index < -0.39 is 40.6 Å². The zero-order chi connectivity index (χ0) is 28.5. The van der Waals surface area contributed by atoms with Crippen molar-refractivity contribution < 1.29 is 35.1 Å². The third-order valence-electron chi connectivity index (χ3n) is 6.85. The molecule has 1 aliphatic heterocycles. The zero-order valence-corrected chi connectivity index (χ0v) is 21.6. The van der Waals surface area contributed by atoms with Gasteiger partial charge in [0.25, 0.3) is 5.92 Å². The van der Waals surface area contributed by atoms with Crippen molar-refractivity contribution in [2.75, 3.05) is 32.2 Å². The van der Waals surface area contributed by atoms with E-state index >= 15 is 8.78 Å². The molecule has 0 aliphatic carbocycles. The highest BCUT2D eigenvalue weighted by Crippen LogP contribution is 2.47. The SMILES string of the molecule is COc1nc(N)nn2cc([C@H]3CCN(S(C)(=O)=O)CC3(F)F)c(-c3ccc4nnn([C@H](C)C(F)(F)F)c4c3)c12. The van der Waals surface area contributed by atoms with Crippen molar-refractivity contribution in [3.8, 4) is 17.0 Å². The van der Waals surface area contributed by atoms with Crippen LogP contribution in [-0.4, -0.2) is 80.9 Å². The van der Waals surface area contributed by atoms with Gasteiger partial charge in [-0.3, -0.25) is 0 Å². The van der Waals surface area contributed by atoms with Crippen LogP contribution in [0.1, 0.15) is 30.9 Å². The van der Waals surface area contributed by atoms with Crippen LogP contribution in [0.4, 0.5) is 27.9 Å². The number of anilines is 1. The van der Waals surface area contributed by atoms with E-state index in [2.05, 4.69) is 20.4 Å². The molecule has 1 aromatic carbocycles. The number of rotatable bonds is 5. The Hall–Kier alpha value is -3.60. The molecule has 3 aromatic heterocycles. The number of halogens is 5. The maximum absolute atomic E-state index is 15.6. The van der Waals surface area contributed by atoms with Gasteiger partial charge in [0, 0.05) is 18.3 Å². The highest BCUT2D eigenvalue weighted by Gasteiger charge is 2.49. The molecule has 2 N–H and O–H groups in total. The predicted octanol–water partition coefficient (Wildman–Crippen LogP) is 3.24. The maximum atomic E-state index is 15.6. The quantitative estimate of drug-likeness (QED) is 0.359. The van der Waals surface area contributed by atoms with E-state index in [1.807, 2.05) is 0 Å². The molecule has 0 saturated carbocycles. The molecule has 0 bridgehead atoms. The van der Waals surface area contributed by atoms with Gasteiger partial charge >= 0.3 is 6.18 Å². The Morgan fingerprint density at radius 2 is 1.97 bits per heavy atom. The Balaban J connectivity index is 1.75. The molecule has 0 radical (unpaired) electrons. The van der Waals surface area contributed by atoms with Crippen molar-refractivity contribution in [1.29, 1.82) is 0 Å². The summed E-state index contributed by atoms with van der Waals surface area (Å²) >= 11 is 0. The first-order chi connectivity index (χ1) is 18.1. The van der Waals surface area contributed by atoms with Crippen LogP contribution in [0, 0.1) is 0 Å². The molecule has 0 unspecified atom stereocenters. The topological polar surface area (TPSA) is 134 Å². The molecule has 11 nitrogen and oxygen atoms in total. The van der Waals surface area contributed by atoms with E-state index in [4.69, 9.17) is 10.5 Å². The predicted molar refractivity (Wildman–Crippen MR) is 130 cm³/mol. The van der Waals surface area contributed by atoms with Crippen LogP contribution in [0.2, 0.25) is 0 Å². The number of nitrogens with two attached hydrogens (primary N) is 1. The number of alkyl halides is 5. The fourth-order valence-corrected chi connectivity index (χ4v) is 5.73. The van der Waals surface area contributed by atoms with Gasteiger partial charge in [-0.25, -0.2) is 26.4 Å². The van der Waals surface area contributed by atoms with Crippen molar-refractivity contribution in [3.63, 3.8) is 0 Å². The Morgan fingerprint density at radius 3 is 2.59 bits per heavy atom. The first-order valence-corrected chi connectivity index (χ1v) is 13.4. The lowest BCUT2D eigenvalue weighted by molar-refractivity contribution is -0.164. The van der Waals surface area contributed by atoms with E-state index in [1.165, 1.54) is 36.0 Å². The highest BCUT2D eigenvalue weighted by atomic mass is 32.2. The van der Waals surface area contributed by atoms with E-state index in [0.29, 0.717) is 8.99 Å². The van der Waals surface area contributed by atoms with Crippen LogP contribution in [0.15, 0.2) is 24.4 Å². The standard InChI is InChI=1S/C22H23F5N8O3S/c1-11(22(25,26)27)35-16-8-12(4-5-15(16)30-32-35)17-13(9-34-18(17)19(38-2)29-20(28)31-34)14-6-7-33(39(3,36)37)10-21(14,23)24/h4-5,8-9,11,14H,6-7,10H2,1-3H3,(H2,28,31)/t11-,14-/m1/s1. The molecule has 1 saturated heterocycles. The van der Waals surface area contributed by atoms with Crippen LogP contribution in [0.25, 0.3) is 27.7 Å². The first-order valence-electron chi connectivity index (χ1n) is 11.6. The third kappa shape index (κ3) is 4.62. The molecule has 1 aliphatic rings. The van der Waals surface area contributed by atoms with E-state index in [9.17, 15) is 21.6 Å². The molecule has 2 atom stereocenters. The summed E-state index contributed by atoms with van der Waals surface area (Å²) in [4.78, 5) is 4.05. The molecule has 4 aromatic rings. The van der Waals surface area contributed by atoms with Gasteiger partial charge in [-0.05, 0) is 36.6 Å². The lowest BCUT2D eigenvalue weighted by Crippen LogP contribution is -2.49. The molecule has 210 valence electrons. The number of hydrogen-bond acceptors (Lipinski definition) is 8. The van der Waals surface area contributed by atoms with Gasteiger partial charge in [-0.1, -0.05) is 11.3 Å². The minimum absolute atomic E-state index is 0.0246. The smallest absolute Gasteiger partial charge is 0.410 e. The van der Waals surface area contributed by atoms with Crippen molar-refractivity contribution in [2.45, 2.75) is 37.4 Å². The fourth-order valence-electron chi connectivity index (χ4n) is 4.89. The summed E-state index contributed by atoms with van der Waals surface area (Å²) < 4.78 is 104. The molecule has 4 heterocycles. The first kappa shape index (κ1) is 27.0. The highest BCUT2D eigenvalue weighted by molar-refractivity contribution is 7.88. The lowest BCUT2D eigenvalue weighted by Gasteiger charge is -2.37. The number of benzene rings is 1. The lowest BCUT2D eigenvalue weighted by atomic mass is 9.84. The molecule has 17 heteroatoms. The fraction of sp³-hybridized carbons (Fsp3) is 0.455. The second-order valence-corrected chi connectivity index (χ2v) is 11.4. The number of hydrogen-bond donors (Lipinski definition) is 1. The Kier molecular flexibility index (Phi) is 6.21. The van der Waals surface area contributed by atoms with Crippen LogP contribution in [0.5, 0.6) is 5.88 Å². The molecule has 0 spiro atoms. The number of sulfonamides is 1. The maximum Gasteiger partial charge on any atom is 0.410 e. The summed E-state index contributed by atoms with van der Waals surface area (Å²) in [5.74, 6) is -5.21. The van der Waals surface area contributed by atoms with Crippen molar-refractivity contribution in [3.05, 3.63) is 30.0 Å². The Bertz CT molecular complexity index is 1680. The van der Waals surface area contributed by atoms with Gasteiger partial charge in [-0.2, -0.15) is 22.5 Å². The molecular weight excluding hydrogens is 551 g/mol.